The van der Waals surface area contributed by atoms with Gasteiger partial charge in [-0.25, -0.2) is 12.7 Å². The average molecular weight is 431 g/mol. The summed E-state index contributed by atoms with van der Waals surface area (Å²) in [4.78, 5) is 12.6. The van der Waals surface area contributed by atoms with Crippen LogP contribution in [-0.2, 0) is 27.1 Å². The minimum atomic E-state index is -3.38. The molecule has 1 fully saturated rings. The summed E-state index contributed by atoms with van der Waals surface area (Å²) in [5.41, 5.74) is 2.87. The summed E-state index contributed by atoms with van der Waals surface area (Å²) in [5, 5.41) is 2.97. The summed E-state index contributed by atoms with van der Waals surface area (Å²) in [6.45, 7) is 5.71. The molecule has 1 heterocycles. The molecule has 3 rings (SSSR count). The molecule has 7 heteroatoms. The Bertz CT molecular complexity index is 949. The Labute approximate surface area is 179 Å². The normalized spacial score (nSPS) is 15.7. The summed E-state index contributed by atoms with van der Waals surface area (Å²) in [6, 6.07) is 15.2. The molecule has 0 aliphatic carbocycles. The van der Waals surface area contributed by atoms with E-state index in [1.807, 2.05) is 62.4 Å². The highest BCUT2D eigenvalue weighted by molar-refractivity contribution is 7.88. The second kappa shape index (κ2) is 10.1. The largest absolute Gasteiger partial charge is 0.494 e. The Hall–Kier alpha value is -2.38. The van der Waals surface area contributed by atoms with Gasteiger partial charge in [0.2, 0.25) is 15.9 Å². The van der Waals surface area contributed by atoms with Crippen LogP contribution in [0.3, 0.4) is 0 Å². The van der Waals surface area contributed by atoms with Crippen molar-refractivity contribution in [2.45, 2.75) is 39.0 Å². The lowest BCUT2D eigenvalue weighted by atomic mass is 9.97. The van der Waals surface area contributed by atoms with E-state index in [-0.39, 0.29) is 17.6 Å². The molecule has 1 saturated heterocycles. The lowest BCUT2D eigenvalue weighted by Crippen LogP contribution is -2.43. The molecule has 0 bridgehead atoms. The van der Waals surface area contributed by atoms with E-state index in [0.717, 1.165) is 22.4 Å². The van der Waals surface area contributed by atoms with E-state index in [2.05, 4.69) is 5.32 Å². The van der Waals surface area contributed by atoms with Gasteiger partial charge in [-0.15, -0.1) is 0 Å². The van der Waals surface area contributed by atoms with Crippen LogP contribution < -0.4 is 10.1 Å². The van der Waals surface area contributed by atoms with Crippen molar-refractivity contribution in [1.82, 2.24) is 9.62 Å². The van der Waals surface area contributed by atoms with Crippen molar-refractivity contribution in [3.63, 3.8) is 0 Å². The third-order valence-corrected chi connectivity index (χ3v) is 7.21. The fourth-order valence-corrected chi connectivity index (χ4v) is 5.19. The SMILES string of the molecule is CCOc1cccc(CNC(=O)C2CCN(S(=O)(=O)Cc3ccc(C)cc3)CC2)c1. The molecule has 2 aromatic carbocycles. The number of hydrogen-bond acceptors (Lipinski definition) is 4. The number of aryl methyl sites for hydroxylation is 1. The van der Waals surface area contributed by atoms with Crippen molar-refractivity contribution >= 4 is 15.9 Å². The Morgan fingerprint density at radius 1 is 1.10 bits per heavy atom. The van der Waals surface area contributed by atoms with Gasteiger partial charge < -0.3 is 10.1 Å². The van der Waals surface area contributed by atoms with Gasteiger partial charge in [0.15, 0.2) is 0 Å². The first-order valence-electron chi connectivity index (χ1n) is 10.4. The minimum absolute atomic E-state index is 0.000312. The number of hydrogen-bond donors (Lipinski definition) is 1. The van der Waals surface area contributed by atoms with E-state index in [4.69, 9.17) is 4.74 Å². The van der Waals surface area contributed by atoms with Crippen LogP contribution in [0.5, 0.6) is 5.75 Å². The molecule has 0 saturated carbocycles. The fraction of sp³-hybridized carbons (Fsp3) is 0.435. The molecule has 0 atom stereocenters. The topological polar surface area (TPSA) is 75.7 Å². The van der Waals surface area contributed by atoms with Gasteiger partial charge in [0.25, 0.3) is 0 Å². The quantitative estimate of drug-likeness (QED) is 0.698. The van der Waals surface area contributed by atoms with Crippen LogP contribution in [0.4, 0.5) is 0 Å². The van der Waals surface area contributed by atoms with Crippen LogP contribution in [0.1, 0.15) is 36.5 Å². The predicted molar refractivity (Wildman–Crippen MR) is 118 cm³/mol. The van der Waals surface area contributed by atoms with Crippen molar-refractivity contribution in [3.8, 4) is 5.75 Å². The molecule has 0 aromatic heterocycles. The molecule has 2 aromatic rings. The Balaban J connectivity index is 1.49. The number of carbonyl (C=O) groups excluding carboxylic acids is 1. The predicted octanol–water partition coefficient (Wildman–Crippen LogP) is 3.25. The van der Waals surface area contributed by atoms with Crippen molar-refractivity contribution in [1.29, 1.82) is 0 Å². The summed E-state index contributed by atoms with van der Waals surface area (Å²) < 4.78 is 32.5. The molecule has 1 aliphatic rings. The number of sulfonamides is 1. The molecule has 162 valence electrons. The first-order chi connectivity index (χ1) is 14.4. The highest BCUT2D eigenvalue weighted by Crippen LogP contribution is 2.22. The van der Waals surface area contributed by atoms with Crippen LogP contribution in [-0.4, -0.2) is 38.3 Å². The number of ether oxygens (including phenoxy) is 1. The van der Waals surface area contributed by atoms with Crippen molar-refractivity contribution in [3.05, 3.63) is 65.2 Å². The molecule has 1 aliphatic heterocycles. The molecule has 0 radical (unpaired) electrons. The average Bonchev–Trinajstić information content (AvgIpc) is 2.74. The summed E-state index contributed by atoms with van der Waals surface area (Å²) in [5.74, 6) is 0.606. The number of carbonyl (C=O) groups is 1. The van der Waals surface area contributed by atoms with E-state index in [9.17, 15) is 13.2 Å². The third kappa shape index (κ3) is 6.06. The van der Waals surface area contributed by atoms with E-state index < -0.39 is 10.0 Å². The van der Waals surface area contributed by atoms with E-state index >= 15 is 0 Å². The van der Waals surface area contributed by atoms with E-state index in [1.54, 1.807) is 0 Å². The second-order valence-electron chi connectivity index (χ2n) is 7.71. The molecular weight excluding hydrogens is 400 g/mol. The summed E-state index contributed by atoms with van der Waals surface area (Å²) in [6.07, 6.45) is 1.08. The van der Waals surface area contributed by atoms with Gasteiger partial charge in [-0.2, -0.15) is 0 Å². The number of nitrogens with one attached hydrogen (secondary N) is 1. The molecule has 30 heavy (non-hydrogen) atoms. The lowest BCUT2D eigenvalue weighted by Gasteiger charge is -2.30. The molecular formula is C23H30N2O4S. The highest BCUT2D eigenvalue weighted by Gasteiger charge is 2.31. The molecule has 1 N–H and O–H groups in total. The zero-order valence-corrected chi connectivity index (χ0v) is 18.5. The Morgan fingerprint density at radius 3 is 2.47 bits per heavy atom. The standard InChI is InChI=1S/C23H30N2O4S/c1-3-29-22-6-4-5-20(15-22)16-24-23(26)21-11-13-25(14-12-21)30(27,28)17-19-9-7-18(2)8-10-19/h4-10,15,21H,3,11-14,16-17H2,1-2H3,(H,24,26). The van der Waals surface area contributed by atoms with Crippen LogP contribution in [0.15, 0.2) is 48.5 Å². The zero-order chi connectivity index (χ0) is 21.6. The fourth-order valence-electron chi connectivity index (χ4n) is 3.63. The van der Waals surface area contributed by atoms with Crippen LogP contribution >= 0.6 is 0 Å². The van der Waals surface area contributed by atoms with E-state index in [0.29, 0.717) is 39.1 Å². The van der Waals surface area contributed by atoms with Crippen LogP contribution in [0, 0.1) is 12.8 Å². The highest BCUT2D eigenvalue weighted by atomic mass is 32.2. The van der Waals surface area contributed by atoms with Gasteiger partial charge in [-0.1, -0.05) is 42.0 Å². The maximum Gasteiger partial charge on any atom is 0.223 e. The molecule has 1 amide bonds. The van der Waals surface area contributed by atoms with Gasteiger partial charge in [0.05, 0.1) is 12.4 Å². The number of benzene rings is 2. The Kier molecular flexibility index (Phi) is 7.50. The maximum atomic E-state index is 12.7. The maximum absolute atomic E-state index is 12.7. The number of piperidine rings is 1. The van der Waals surface area contributed by atoms with Gasteiger partial charge in [0, 0.05) is 25.6 Å². The zero-order valence-electron chi connectivity index (χ0n) is 17.6. The van der Waals surface area contributed by atoms with Crippen LogP contribution in [0.25, 0.3) is 0 Å². The molecule has 0 unspecified atom stereocenters. The van der Waals surface area contributed by atoms with Gasteiger partial charge in [0.1, 0.15) is 5.75 Å². The van der Waals surface area contributed by atoms with Crippen molar-refractivity contribution in [2.75, 3.05) is 19.7 Å². The number of rotatable bonds is 8. The molecule has 0 spiro atoms. The second-order valence-corrected chi connectivity index (χ2v) is 9.68. The smallest absolute Gasteiger partial charge is 0.223 e. The van der Waals surface area contributed by atoms with Gasteiger partial charge in [-0.05, 0) is 49.9 Å². The third-order valence-electron chi connectivity index (χ3n) is 5.36. The van der Waals surface area contributed by atoms with Crippen molar-refractivity contribution in [2.24, 2.45) is 5.92 Å². The number of nitrogens with zero attached hydrogens (tertiary/aromatic N) is 1. The van der Waals surface area contributed by atoms with Crippen molar-refractivity contribution < 1.29 is 17.9 Å². The first kappa shape index (κ1) is 22.3. The molecule has 6 nitrogen and oxygen atoms in total. The monoisotopic (exact) mass is 430 g/mol. The number of amides is 1. The summed E-state index contributed by atoms with van der Waals surface area (Å²) in [7, 11) is -3.38. The first-order valence-corrected chi connectivity index (χ1v) is 12.0. The van der Waals surface area contributed by atoms with Gasteiger partial charge >= 0.3 is 0 Å². The summed E-state index contributed by atoms with van der Waals surface area (Å²) >= 11 is 0. The minimum Gasteiger partial charge on any atom is -0.494 e. The lowest BCUT2D eigenvalue weighted by molar-refractivity contribution is -0.126. The Morgan fingerprint density at radius 2 is 1.80 bits per heavy atom. The van der Waals surface area contributed by atoms with E-state index in [1.165, 1.54) is 4.31 Å². The van der Waals surface area contributed by atoms with Crippen LogP contribution in [0.2, 0.25) is 0 Å². The van der Waals surface area contributed by atoms with Gasteiger partial charge in [-0.3, -0.25) is 4.79 Å².